The lowest BCUT2D eigenvalue weighted by Crippen LogP contribution is -2.21. The molecule has 1 heterocycles. The molecule has 1 aliphatic heterocycles. The lowest BCUT2D eigenvalue weighted by Gasteiger charge is -2.13. The highest BCUT2D eigenvalue weighted by Gasteiger charge is 2.20. The van der Waals surface area contributed by atoms with Gasteiger partial charge in [0.25, 0.3) is 5.91 Å². The van der Waals surface area contributed by atoms with Crippen LogP contribution in [0.1, 0.15) is 22.3 Å². The first-order valence-electron chi connectivity index (χ1n) is 7.75. The van der Waals surface area contributed by atoms with E-state index in [4.69, 9.17) is 17.0 Å². The second-order valence-electron chi connectivity index (χ2n) is 5.87. The van der Waals surface area contributed by atoms with Crippen LogP contribution in [-0.4, -0.2) is 11.0 Å². The zero-order valence-electron chi connectivity index (χ0n) is 13.9. The number of halogens is 1. The van der Waals surface area contributed by atoms with Crippen LogP contribution in [-0.2, 0) is 11.4 Å². The molecule has 0 aliphatic carbocycles. The molecule has 0 aromatic heterocycles. The van der Waals surface area contributed by atoms with Crippen LogP contribution in [0.25, 0.3) is 6.08 Å². The Hall–Kier alpha value is -2.18. The summed E-state index contributed by atoms with van der Waals surface area (Å²) in [6, 6.07) is 12.0. The number of hydrogen-bond donors (Lipinski definition) is 2. The molecule has 2 aromatic rings. The summed E-state index contributed by atoms with van der Waals surface area (Å²) in [6.45, 7) is 4.50. The van der Waals surface area contributed by atoms with Crippen LogP contribution in [0.15, 0.2) is 46.6 Å². The lowest BCUT2D eigenvalue weighted by atomic mass is 10.0. The van der Waals surface area contributed by atoms with E-state index < -0.39 is 0 Å². The third kappa shape index (κ3) is 4.27. The molecule has 2 aromatic carbocycles. The normalized spacial score (nSPS) is 15.2. The molecule has 0 unspecified atom stereocenters. The summed E-state index contributed by atoms with van der Waals surface area (Å²) in [5.74, 6) is 0.653. The second kappa shape index (κ2) is 7.37. The van der Waals surface area contributed by atoms with Crippen molar-refractivity contribution >= 4 is 45.2 Å². The van der Waals surface area contributed by atoms with Crippen molar-refractivity contribution in [2.75, 3.05) is 0 Å². The molecule has 0 spiro atoms. The van der Waals surface area contributed by atoms with Gasteiger partial charge in [-0.2, -0.15) is 0 Å². The number of rotatable bonds is 4. The maximum absolute atomic E-state index is 11.8. The predicted octanol–water partition coefficient (Wildman–Crippen LogP) is 3.99. The van der Waals surface area contributed by atoms with Crippen molar-refractivity contribution in [3.05, 3.63) is 68.8 Å². The Labute approximate surface area is 160 Å². The van der Waals surface area contributed by atoms with Crippen LogP contribution in [0, 0.1) is 13.8 Å². The minimum Gasteiger partial charge on any atom is -0.488 e. The van der Waals surface area contributed by atoms with Gasteiger partial charge in [-0.15, -0.1) is 0 Å². The third-order valence-electron chi connectivity index (χ3n) is 3.81. The summed E-state index contributed by atoms with van der Waals surface area (Å²) < 4.78 is 7.05. The van der Waals surface area contributed by atoms with E-state index >= 15 is 0 Å². The summed E-state index contributed by atoms with van der Waals surface area (Å²) in [5, 5.41) is 5.74. The molecule has 128 valence electrons. The lowest BCUT2D eigenvalue weighted by molar-refractivity contribution is -0.115. The average molecular weight is 417 g/mol. The predicted molar refractivity (Wildman–Crippen MR) is 106 cm³/mol. The first kappa shape index (κ1) is 17.6. The van der Waals surface area contributed by atoms with Gasteiger partial charge in [0, 0.05) is 4.47 Å². The SMILES string of the molecule is Cc1cc(/C=C2/NC(=S)NC2=O)cc(C)c1OCc1ccc(Br)cc1. The number of amides is 1. The Bertz CT molecular complexity index is 852. The molecule has 1 saturated heterocycles. The van der Waals surface area contributed by atoms with E-state index in [-0.39, 0.29) is 5.91 Å². The van der Waals surface area contributed by atoms with Gasteiger partial charge in [0.15, 0.2) is 5.11 Å². The number of nitrogens with one attached hydrogen (secondary N) is 2. The van der Waals surface area contributed by atoms with Crippen LogP contribution >= 0.6 is 28.1 Å². The van der Waals surface area contributed by atoms with Gasteiger partial charge in [-0.25, -0.2) is 0 Å². The molecule has 25 heavy (non-hydrogen) atoms. The average Bonchev–Trinajstić information content (AvgIpc) is 2.86. The second-order valence-corrected chi connectivity index (χ2v) is 7.19. The van der Waals surface area contributed by atoms with Gasteiger partial charge in [0.05, 0.1) is 0 Å². The summed E-state index contributed by atoms with van der Waals surface area (Å²) in [7, 11) is 0. The summed E-state index contributed by atoms with van der Waals surface area (Å²) in [5.41, 5.74) is 4.52. The zero-order chi connectivity index (χ0) is 18.0. The fourth-order valence-corrected chi connectivity index (χ4v) is 3.15. The van der Waals surface area contributed by atoms with Crippen LogP contribution < -0.4 is 15.4 Å². The number of thiocarbonyl (C=S) groups is 1. The largest absolute Gasteiger partial charge is 0.488 e. The van der Waals surface area contributed by atoms with Crippen molar-refractivity contribution in [3.8, 4) is 5.75 Å². The summed E-state index contributed by atoms with van der Waals surface area (Å²) >= 11 is 8.37. The van der Waals surface area contributed by atoms with Gasteiger partial charge >= 0.3 is 0 Å². The van der Waals surface area contributed by atoms with E-state index in [9.17, 15) is 4.79 Å². The van der Waals surface area contributed by atoms with Gasteiger partial charge in [0.1, 0.15) is 18.1 Å². The zero-order valence-corrected chi connectivity index (χ0v) is 16.3. The number of carbonyl (C=O) groups excluding carboxylic acids is 1. The maximum Gasteiger partial charge on any atom is 0.273 e. The van der Waals surface area contributed by atoms with Crippen molar-refractivity contribution in [1.82, 2.24) is 10.6 Å². The van der Waals surface area contributed by atoms with Crippen LogP contribution in [0.2, 0.25) is 0 Å². The molecule has 4 nitrogen and oxygen atoms in total. The molecule has 0 bridgehead atoms. The standard InChI is InChI=1S/C19H17BrN2O2S/c1-11-7-14(9-16-18(23)22-19(25)21-16)8-12(2)17(11)24-10-13-3-5-15(20)6-4-13/h3-9H,10H2,1-2H3,(H2,21,22,23,25)/b16-9+. The summed E-state index contributed by atoms with van der Waals surface area (Å²) in [4.78, 5) is 11.8. The number of aryl methyl sites for hydroxylation is 2. The van der Waals surface area contributed by atoms with Crippen molar-refractivity contribution in [2.24, 2.45) is 0 Å². The molecular weight excluding hydrogens is 400 g/mol. The van der Waals surface area contributed by atoms with Crippen molar-refractivity contribution in [1.29, 1.82) is 0 Å². The molecule has 3 rings (SSSR count). The third-order valence-corrected chi connectivity index (χ3v) is 4.54. The first-order chi connectivity index (χ1) is 11.9. The highest BCUT2D eigenvalue weighted by atomic mass is 79.9. The van der Waals surface area contributed by atoms with Gasteiger partial charge in [-0.05, 0) is 78.7 Å². The van der Waals surface area contributed by atoms with Gasteiger partial charge in [-0.3, -0.25) is 10.1 Å². The van der Waals surface area contributed by atoms with E-state index in [2.05, 4.69) is 26.6 Å². The Morgan fingerprint density at radius 3 is 2.32 bits per heavy atom. The maximum atomic E-state index is 11.8. The van der Waals surface area contributed by atoms with E-state index in [0.29, 0.717) is 17.4 Å². The Morgan fingerprint density at radius 1 is 1.12 bits per heavy atom. The van der Waals surface area contributed by atoms with Crippen molar-refractivity contribution in [3.63, 3.8) is 0 Å². The minimum absolute atomic E-state index is 0.212. The molecular formula is C19H17BrN2O2S. The topological polar surface area (TPSA) is 50.4 Å². The summed E-state index contributed by atoms with van der Waals surface area (Å²) in [6.07, 6.45) is 1.78. The van der Waals surface area contributed by atoms with Gasteiger partial charge in [0.2, 0.25) is 0 Å². The molecule has 1 amide bonds. The fourth-order valence-electron chi connectivity index (χ4n) is 2.68. The van der Waals surface area contributed by atoms with Crippen molar-refractivity contribution < 1.29 is 9.53 Å². The molecule has 0 radical (unpaired) electrons. The molecule has 6 heteroatoms. The fraction of sp³-hybridized carbons (Fsp3) is 0.158. The smallest absolute Gasteiger partial charge is 0.273 e. The van der Waals surface area contributed by atoms with E-state index in [0.717, 1.165) is 32.5 Å². The molecule has 1 aliphatic rings. The molecule has 2 N–H and O–H groups in total. The van der Waals surface area contributed by atoms with Crippen molar-refractivity contribution in [2.45, 2.75) is 20.5 Å². The molecule has 0 atom stereocenters. The Kier molecular flexibility index (Phi) is 5.20. The number of hydrogen-bond acceptors (Lipinski definition) is 3. The number of carbonyl (C=O) groups is 1. The Balaban J connectivity index is 1.78. The first-order valence-corrected chi connectivity index (χ1v) is 8.95. The monoisotopic (exact) mass is 416 g/mol. The van der Waals surface area contributed by atoms with Crippen LogP contribution in [0.3, 0.4) is 0 Å². The van der Waals surface area contributed by atoms with Crippen LogP contribution in [0.5, 0.6) is 5.75 Å². The highest BCUT2D eigenvalue weighted by Crippen LogP contribution is 2.27. The van der Waals surface area contributed by atoms with E-state index in [1.165, 1.54) is 0 Å². The van der Waals surface area contributed by atoms with E-state index in [1.54, 1.807) is 6.08 Å². The minimum atomic E-state index is -0.212. The quantitative estimate of drug-likeness (QED) is 0.584. The van der Waals surface area contributed by atoms with Crippen LogP contribution in [0.4, 0.5) is 0 Å². The number of benzene rings is 2. The number of ether oxygens (including phenoxy) is 1. The molecule has 0 saturated carbocycles. The van der Waals surface area contributed by atoms with Gasteiger partial charge < -0.3 is 10.1 Å². The highest BCUT2D eigenvalue weighted by molar-refractivity contribution is 9.10. The Morgan fingerprint density at radius 2 is 1.76 bits per heavy atom. The van der Waals surface area contributed by atoms with Gasteiger partial charge in [-0.1, -0.05) is 28.1 Å². The van der Waals surface area contributed by atoms with E-state index in [1.807, 2.05) is 50.2 Å². The molecule has 1 fully saturated rings.